The molecule has 1 spiro atoms. The second-order valence-corrected chi connectivity index (χ2v) is 8.32. The lowest BCUT2D eigenvalue weighted by molar-refractivity contribution is -0.123. The van der Waals surface area contributed by atoms with E-state index in [2.05, 4.69) is 30.1 Å². The van der Waals surface area contributed by atoms with Crippen LogP contribution in [0, 0.1) is 0 Å². The first-order valence-corrected chi connectivity index (χ1v) is 9.97. The highest BCUT2D eigenvalue weighted by atomic mass is 16.5. The van der Waals surface area contributed by atoms with Crippen LogP contribution in [0.4, 0.5) is 10.5 Å². The molecule has 146 valence electrons. The van der Waals surface area contributed by atoms with Crippen molar-refractivity contribution in [2.75, 3.05) is 25.5 Å². The zero-order chi connectivity index (χ0) is 19.2. The van der Waals surface area contributed by atoms with Gasteiger partial charge in [0.1, 0.15) is 0 Å². The van der Waals surface area contributed by atoms with Crippen LogP contribution < -0.4 is 5.32 Å². The number of fused-ring (bicyclic) bond motifs is 2. The van der Waals surface area contributed by atoms with Crippen molar-refractivity contribution in [3.63, 3.8) is 0 Å². The Kier molecular flexibility index (Phi) is 4.62. The summed E-state index contributed by atoms with van der Waals surface area (Å²) in [5, 5.41) is 3.08. The van der Waals surface area contributed by atoms with Gasteiger partial charge in [-0.1, -0.05) is 18.2 Å². The van der Waals surface area contributed by atoms with E-state index in [-0.39, 0.29) is 29.5 Å². The van der Waals surface area contributed by atoms with Crippen molar-refractivity contribution in [1.29, 1.82) is 0 Å². The number of hydrogen-bond acceptors (Lipinski definition) is 4. The van der Waals surface area contributed by atoms with E-state index in [1.165, 1.54) is 7.11 Å². The van der Waals surface area contributed by atoms with Crippen molar-refractivity contribution in [1.82, 2.24) is 9.80 Å². The van der Waals surface area contributed by atoms with Crippen LogP contribution in [0.1, 0.15) is 45.1 Å². The molecule has 0 radical (unpaired) electrons. The summed E-state index contributed by atoms with van der Waals surface area (Å²) in [7, 11) is 1.45. The van der Waals surface area contributed by atoms with Gasteiger partial charge in [0.15, 0.2) is 0 Å². The smallest absolute Gasteiger partial charge is 0.409 e. The number of nitrogens with zero attached hydrogens (tertiary/aromatic N) is 2. The van der Waals surface area contributed by atoms with Crippen LogP contribution in [0.3, 0.4) is 0 Å². The number of para-hydroxylation sites is 1. The molecule has 2 fully saturated rings. The van der Waals surface area contributed by atoms with E-state index in [4.69, 9.17) is 4.74 Å². The molecule has 2 amide bonds. The van der Waals surface area contributed by atoms with Crippen molar-refractivity contribution in [2.24, 2.45) is 0 Å². The lowest BCUT2D eigenvalue weighted by Gasteiger charge is -2.48. The highest BCUT2D eigenvalue weighted by Crippen LogP contribution is 2.45. The van der Waals surface area contributed by atoms with Gasteiger partial charge < -0.3 is 19.9 Å². The van der Waals surface area contributed by atoms with Crippen molar-refractivity contribution in [3.8, 4) is 0 Å². The molecule has 1 aromatic rings. The first kappa shape index (κ1) is 18.3. The van der Waals surface area contributed by atoms with Gasteiger partial charge in [0.2, 0.25) is 5.91 Å². The molecular weight excluding hydrogens is 342 g/mol. The minimum absolute atomic E-state index is 0.158. The van der Waals surface area contributed by atoms with Gasteiger partial charge in [-0.3, -0.25) is 4.79 Å². The van der Waals surface area contributed by atoms with Crippen molar-refractivity contribution in [3.05, 3.63) is 29.8 Å². The monoisotopic (exact) mass is 371 g/mol. The maximum absolute atomic E-state index is 12.8. The molecule has 3 heterocycles. The molecule has 4 rings (SSSR count). The SMILES string of the molecule is COC(=O)N1C(C)CC(N2CCC3(CC2)C(=O)Nc2ccccc23)CC1C. The third kappa shape index (κ3) is 2.90. The fourth-order valence-corrected chi connectivity index (χ4v) is 5.45. The molecule has 0 bridgehead atoms. The Morgan fingerprint density at radius 3 is 2.41 bits per heavy atom. The van der Waals surface area contributed by atoms with Gasteiger partial charge in [-0.2, -0.15) is 0 Å². The number of likely N-dealkylation sites (tertiary alicyclic amines) is 2. The number of benzene rings is 1. The van der Waals surface area contributed by atoms with Gasteiger partial charge in [-0.25, -0.2) is 4.79 Å². The lowest BCUT2D eigenvalue weighted by atomic mass is 9.73. The highest BCUT2D eigenvalue weighted by molar-refractivity contribution is 6.06. The largest absolute Gasteiger partial charge is 0.453 e. The number of carbonyl (C=O) groups excluding carboxylic acids is 2. The molecule has 0 aliphatic carbocycles. The second-order valence-electron chi connectivity index (χ2n) is 8.32. The molecule has 3 aliphatic heterocycles. The van der Waals surface area contributed by atoms with Gasteiger partial charge in [0.25, 0.3) is 0 Å². The summed E-state index contributed by atoms with van der Waals surface area (Å²) in [5.74, 6) is 0.158. The second kappa shape index (κ2) is 6.82. The minimum atomic E-state index is -0.364. The Morgan fingerprint density at radius 1 is 1.15 bits per heavy atom. The number of hydrogen-bond donors (Lipinski definition) is 1. The van der Waals surface area contributed by atoms with E-state index in [9.17, 15) is 9.59 Å². The van der Waals surface area contributed by atoms with Crippen LogP contribution >= 0.6 is 0 Å². The Bertz CT molecular complexity index is 730. The van der Waals surface area contributed by atoms with Crippen molar-refractivity contribution >= 4 is 17.7 Å². The normalized spacial score (nSPS) is 30.1. The zero-order valence-electron chi connectivity index (χ0n) is 16.4. The molecular formula is C21H29N3O3. The number of anilines is 1. The molecule has 0 aromatic heterocycles. The molecule has 1 aromatic carbocycles. The molecule has 27 heavy (non-hydrogen) atoms. The number of methoxy groups -OCH3 is 1. The molecule has 2 atom stereocenters. The third-order valence-electron chi connectivity index (χ3n) is 6.86. The summed E-state index contributed by atoms with van der Waals surface area (Å²) < 4.78 is 4.95. The minimum Gasteiger partial charge on any atom is -0.453 e. The number of ether oxygens (including phenoxy) is 1. The summed E-state index contributed by atoms with van der Waals surface area (Å²) >= 11 is 0. The Balaban J connectivity index is 1.45. The van der Waals surface area contributed by atoms with Gasteiger partial charge >= 0.3 is 6.09 Å². The number of carbonyl (C=O) groups is 2. The highest BCUT2D eigenvalue weighted by Gasteiger charge is 2.49. The van der Waals surface area contributed by atoms with Crippen LogP contribution in [0.25, 0.3) is 0 Å². The van der Waals surface area contributed by atoms with E-state index < -0.39 is 0 Å². The van der Waals surface area contributed by atoms with Gasteiger partial charge in [-0.15, -0.1) is 0 Å². The number of nitrogens with one attached hydrogen (secondary N) is 1. The van der Waals surface area contributed by atoms with Crippen LogP contribution in [0.5, 0.6) is 0 Å². The van der Waals surface area contributed by atoms with Crippen LogP contribution in [0.15, 0.2) is 24.3 Å². The molecule has 6 heteroatoms. The summed E-state index contributed by atoms with van der Waals surface area (Å²) in [4.78, 5) is 29.2. The standard InChI is InChI=1S/C21H29N3O3/c1-14-12-16(13-15(2)24(14)20(26)27-3)23-10-8-21(9-11-23)17-6-4-5-7-18(17)22-19(21)25/h4-7,14-16H,8-13H2,1-3H3,(H,22,25). The third-order valence-corrected chi connectivity index (χ3v) is 6.86. The Hall–Kier alpha value is -2.08. The topological polar surface area (TPSA) is 61.9 Å². The summed E-state index contributed by atoms with van der Waals surface area (Å²) in [6.07, 6.45) is 3.39. The van der Waals surface area contributed by atoms with Crippen LogP contribution in [-0.4, -0.2) is 60.1 Å². The quantitative estimate of drug-likeness (QED) is 0.824. The molecule has 1 N–H and O–H groups in total. The first-order valence-electron chi connectivity index (χ1n) is 9.97. The number of amides is 2. The molecule has 6 nitrogen and oxygen atoms in total. The maximum Gasteiger partial charge on any atom is 0.409 e. The van der Waals surface area contributed by atoms with E-state index >= 15 is 0 Å². The molecule has 3 aliphatic rings. The van der Waals surface area contributed by atoms with E-state index in [1.54, 1.807) is 0 Å². The number of rotatable bonds is 1. The predicted octanol–water partition coefficient (Wildman–Crippen LogP) is 2.98. The van der Waals surface area contributed by atoms with Crippen LogP contribution in [-0.2, 0) is 14.9 Å². The zero-order valence-corrected chi connectivity index (χ0v) is 16.4. The van der Waals surface area contributed by atoms with Crippen LogP contribution in [0.2, 0.25) is 0 Å². The maximum atomic E-state index is 12.8. The van der Waals surface area contributed by atoms with Crippen molar-refractivity contribution in [2.45, 2.75) is 63.1 Å². The summed E-state index contributed by atoms with van der Waals surface area (Å²) in [6.45, 7) is 6.05. The van der Waals surface area contributed by atoms with Crippen molar-refractivity contribution < 1.29 is 14.3 Å². The first-order chi connectivity index (χ1) is 13.0. The van der Waals surface area contributed by atoms with E-state index in [0.717, 1.165) is 50.0 Å². The van der Waals surface area contributed by atoms with E-state index in [0.29, 0.717) is 6.04 Å². The molecule has 2 unspecified atom stereocenters. The predicted molar refractivity (Wildman–Crippen MR) is 104 cm³/mol. The average molecular weight is 371 g/mol. The van der Waals surface area contributed by atoms with Gasteiger partial charge in [-0.05, 0) is 64.3 Å². The summed E-state index contributed by atoms with van der Waals surface area (Å²) in [6, 6.07) is 8.88. The molecule has 2 saturated heterocycles. The fraction of sp³-hybridized carbons (Fsp3) is 0.619. The average Bonchev–Trinajstić information content (AvgIpc) is 2.93. The molecule has 0 saturated carbocycles. The summed E-state index contributed by atoms with van der Waals surface area (Å²) in [5.41, 5.74) is 1.78. The fourth-order valence-electron chi connectivity index (χ4n) is 5.45. The number of piperidine rings is 2. The Labute approximate surface area is 160 Å². The van der Waals surface area contributed by atoms with E-state index in [1.807, 2.05) is 23.1 Å². The van der Waals surface area contributed by atoms with Gasteiger partial charge in [0, 0.05) is 23.8 Å². The van der Waals surface area contributed by atoms with Gasteiger partial charge in [0.05, 0.1) is 12.5 Å². The Morgan fingerprint density at radius 2 is 1.78 bits per heavy atom. The lowest BCUT2D eigenvalue weighted by Crippen LogP contribution is -2.57.